The molecule has 0 bridgehead atoms. The topological polar surface area (TPSA) is 69.7 Å². The zero-order chi connectivity index (χ0) is 17.0. The van der Waals surface area contributed by atoms with Crippen LogP contribution in [0.15, 0.2) is 28.9 Å². The van der Waals surface area contributed by atoms with Gasteiger partial charge < -0.3 is 19.5 Å². The highest BCUT2D eigenvalue weighted by molar-refractivity contribution is 9.10. The quantitative estimate of drug-likeness (QED) is 0.860. The maximum absolute atomic E-state index is 12.5. The number of anilines is 1. The number of carbonyl (C=O) groups excluding carboxylic acids is 1. The number of rotatable bonds is 5. The molecule has 23 heavy (non-hydrogen) atoms. The number of pyridine rings is 1. The largest absolute Gasteiger partial charge is 0.493 e. The summed E-state index contributed by atoms with van der Waals surface area (Å²) in [6.45, 7) is 1.92. The smallest absolute Gasteiger partial charge is 0.258 e. The average Bonchev–Trinajstić information content (AvgIpc) is 2.56. The van der Waals surface area contributed by atoms with Gasteiger partial charge in [-0.1, -0.05) is 6.07 Å². The molecule has 0 unspecified atom stereocenters. The maximum atomic E-state index is 12.5. The van der Waals surface area contributed by atoms with E-state index in [2.05, 4.69) is 26.2 Å². The second kappa shape index (κ2) is 7.32. The Morgan fingerprint density at radius 2 is 1.83 bits per heavy atom. The Kier molecular flexibility index (Phi) is 5.44. The molecule has 0 spiro atoms. The van der Waals surface area contributed by atoms with Crippen molar-refractivity contribution in [1.82, 2.24) is 4.98 Å². The normalized spacial score (nSPS) is 10.1. The first-order chi connectivity index (χ1) is 11.0. The molecule has 1 heterocycles. The third-order valence-corrected chi connectivity index (χ3v) is 3.95. The van der Waals surface area contributed by atoms with Crippen LogP contribution in [0.4, 0.5) is 5.82 Å². The fourth-order valence-electron chi connectivity index (χ4n) is 2.01. The van der Waals surface area contributed by atoms with E-state index in [1.807, 2.05) is 13.0 Å². The molecule has 0 fully saturated rings. The molecule has 7 heteroatoms. The number of halogens is 1. The number of nitrogens with one attached hydrogen (secondary N) is 1. The molecule has 1 aromatic heterocycles. The first-order valence-corrected chi connectivity index (χ1v) is 7.53. The van der Waals surface area contributed by atoms with E-state index >= 15 is 0 Å². The first-order valence-electron chi connectivity index (χ1n) is 6.74. The standard InChI is InChI=1S/C16H17BrN2O4/c1-9-5-6-12(18-8-9)19-16(20)10-7-11(21-2)14(22-3)15(23-4)13(10)17/h5-8H,1-4H3,(H,18,19,20). The molecule has 0 atom stereocenters. The molecule has 0 aliphatic rings. The molecule has 0 radical (unpaired) electrons. The van der Waals surface area contributed by atoms with E-state index in [1.54, 1.807) is 18.3 Å². The zero-order valence-corrected chi connectivity index (χ0v) is 14.9. The third kappa shape index (κ3) is 3.56. The molecule has 1 N–H and O–H groups in total. The first kappa shape index (κ1) is 17.1. The van der Waals surface area contributed by atoms with Gasteiger partial charge in [0.25, 0.3) is 5.91 Å². The Labute approximate surface area is 142 Å². The maximum Gasteiger partial charge on any atom is 0.258 e. The van der Waals surface area contributed by atoms with Crippen molar-refractivity contribution in [2.75, 3.05) is 26.6 Å². The van der Waals surface area contributed by atoms with Crippen LogP contribution in [-0.4, -0.2) is 32.2 Å². The van der Waals surface area contributed by atoms with E-state index in [0.717, 1.165) is 5.56 Å². The fourth-order valence-corrected chi connectivity index (χ4v) is 2.65. The number of nitrogens with zero attached hydrogens (tertiary/aromatic N) is 1. The number of aromatic nitrogens is 1. The predicted molar refractivity (Wildman–Crippen MR) is 90.7 cm³/mol. The van der Waals surface area contributed by atoms with Crippen LogP contribution in [-0.2, 0) is 0 Å². The minimum absolute atomic E-state index is 0.340. The van der Waals surface area contributed by atoms with Crippen LogP contribution in [0.2, 0.25) is 0 Å². The Bertz CT molecular complexity index is 717. The van der Waals surface area contributed by atoms with Gasteiger partial charge in [-0.15, -0.1) is 0 Å². The summed E-state index contributed by atoms with van der Waals surface area (Å²) in [7, 11) is 4.49. The van der Waals surface area contributed by atoms with Crippen LogP contribution < -0.4 is 19.5 Å². The number of benzene rings is 1. The van der Waals surface area contributed by atoms with Crippen molar-refractivity contribution in [2.24, 2.45) is 0 Å². The predicted octanol–water partition coefficient (Wildman–Crippen LogP) is 3.43. The van der Waals surface area contributed by atoms with Gasteiger partial charge in [0.1, 0.15) is 5.82 Å². The molecule has 1 amide bonds. The molecule has 6 nitrogen and oxygen atoms in total. The van der Waals surface area contributed by atoms with Crippen LogP contribution >= 0.6 is 15.9 Å². The lowest BCUT2D eigenvalue weighted by molar-refractivity contribution is 0.102. The summed E-state index contributed by atoms with van der Waals surface area (Å²) in [6, 6.07) is 5.18. The lowest BCUT2D eigenvalue weighted by Crippen LogP contribution is -2.14. The minimum atomic E-state index is -0.340. The lowest BCUT2D eigenvalue weighted by atomic mass is 10.1. The highest BCUT2D eigenvalue weighted by Gasteiger charge is 2.23. The summed E-state index contributed by atoms with van der Waals surface area (Å²) in [5.41, 5.74) is 1.36. The van der Waals surface area contributed by atoms with Gasteiger partial charge in [-0.2, -0.15) is 0 Å². The summed E-state index contributed by atoms with van der Waals surface area (Å²) in [4.78, 5) is 16.7. The zero-order valence-electron chi connectivity index (χ0n) is 13.3. The van der Waals surface area contributed by atoms with Gasteiger partial charge in [-0.25, -0.2) is 4.98 Å². The second-order valence-corrected chi connectivity index (χ2v) is 5.47. The average molecular weight is 381 g/mol. The number of aryl methyl sites for hydroxylation is 1. The molecule has 0 aliphatic heterocycles. The van der Waals surface area contributed by atoms with Crippen LogP contribution in [0, 0.1) is 6.92 Å². The number of hydrogen-bond acceptors (Lipinski definition) is 5. The lowest BCUT2D eigenvalue weighted by Gasteiger charge is -2.16. The molecule has 0 saturated heterocycles. The van der Waals surface area contributed by atoms with Crippen molar-refractivity contribution < 1.29 is 19.0 Å². The van der Waals surface area contributed by atoms with E-state index in [0.29, 0.717) is 33.1 Å². The number of amides is 1. The molecule has 0 saturated carbocycles. The Morgan fingerprint density at radius 1 is 1.13 bits per heavy atom. The molecule has 2 rings (SSSR count). The second-order valence-electron chi connectivity index (χ2n) is 4.68. The van der Waals surface area contributed by atoms with E-state index in [4.69, 9.17) is 14.2 Å². The molecule has 1 aromatic carbocycles. The number of ether oxygens (including phenoxy) is 3. The summed E-state index contributed by atoms with van der Waals surface area (Å²) in [5.74, 6) is 1.31. The highest BCUT2D eigenvalue weighted by Crippen LogP contribution is 2.44. The minimum Gasteiger partial charge on any atom is -0.493 e. The van der Waals surface area contributed by atoms with Crippen molar-refractivity contribution in [3.05, 3.63) is 40.0 Å². The SMILES string of the molecule is COc1cc(C(=O)Nc2ccc(C)cn2)c(Br)c(OC)c1OC. The van der Waals surface area contributed by atoms with Gasteiger partial charge in [-0.3, -0.25) is 4.79 Å². The van der Waals surface area contributed by atoms with Crippen molar-refractivity contribution in [3.8, 4) is 17.2 Å². The summed E-state index contributed by atoms with van der Waals surface area (Å²) >= 11 is 3.38. The monoisotopic (exact) mass is 380 g/mol. The van der Waals surface area contributed by atoms with Crippen molar-refractivity contribution in [2.45, 2.75) is 6.92 Å². The van der Waals surface area contributed by atoms with Gasteiger partial charge in [0.05, 0.1) is 31.4 Å². The van der Waals surface area contributed by atoms with Gasteiger partial charge in [0, 0.05) is 6.20 Å². The molecular formula is C16H17BrN2O4. The molecule has 122 valence electrons. The number of methoxy groups -OCH3 is 3. The Hall–Kier alpha value is -2.28. The number of hydrogen-bond donors (Lipinski definition) is 1. The van der Waals surface area contributed by atoms with Gasteiger partial charge >= 0.3 is 0 Å². The van der Waals surface area contributed by atoms with E-state index < -0.39 is 0 Å². The van der Waals surface area contributed by atoms with Crippen LogP contribution in [0.3, 0.4) is 0 Å². The fraction of sp³-hybridized carbons (Fsp3) is 0.250. The Morgan fingerprint density at radius 3 is 2.35 bits per heavy atom. The molecule has 0 aliphatic carbocycles. The summed E-state index contributed by atoms with van der Waals surface area (Å²) in [6.07, 6.45) is 1.68. The third-order valence-electron chi connectivity index (χ3n) is 3.17. The molecule has 2 aromatic rings. The van der Waals surface area contributed by atoms with Crippen LogP contribution in [0.25, 0.3) is 0 Å². The van der Waals surface area contributed by atoms with Crippen LogP contribution in [0.1, 0.15) is 15.9 Å². The van der Waals surface area contributed by atoms with Crippen molar-refractivity contribution in [1.29, 1.82) is 0 Å². The molecular weight excluding hydrogens is 364 g/mol. The van der Waals surface area contributed by atoms with Crippen molar-refractivity contribution in [3.63, 3.8) is 0 Å². The highest BCUT2D eigenvalue weighted by atomic mass is 79.9. The van der Waals surface area contributed by atoms with Gasteiger partial charge in [-0.05, 0) is 40.5 Å². The summed E-state index contributed by atoms with van der Waals surface area (Å²) < 4.78 is 16.3. The number of carbonyl (C=O) groups is 1. The van der Waals surface area contributed by atoms with Gasteiger partial charge in [0.2, 0.25) is 5.75 Å². The van der Waals surface area contributed by atoms with Crippen molar-refractivity contribution >= 4 is 27.7 Å². The van der Waals surface area contributed by atoms with E-state index in [9.17, 15) is 4.79 Å². The Balaban J connectivity index is 2.41. The van der Waals surface area contributed by atoms with Crippen LogP contribution in [0.5, 0.6) is 17.2 Å². The summed E-state index contributed by atoms with van der Waals surface area (Å²) in [5, 5.41) is 2.73. The van der Waals surface area contributed by atoms with E-state index in [-0.39, 0.29) is 5.91 Å². The van der Waals surface area contributed by atoms with E-state index in [1.165, 1.54) is 21.3 Å². The van der Waals surface area contributed by atoms with Gasteiger partial charge in [0.15, 0.2) is 11.5 Å².